The average Bonchev–Trinajstić information content (AvgIpc) is 2.51. The minimum absolute atomic E-state index is 0.0268. The van der Waals surface area contributed by atoms with E-state index in [1.165, 1.54) is 29.4 Å². The van der Waals surface area contributed by atoms with Crippen LogP contribution in [-0.2, 0) is 0 Å². The zero-order valence-corrected chi connectivity index (χ0v) is 15.4. The fourth-order valence-electron chi connectivity index (χ4n) is 2.74. The van der Waals surface area contributed by atoms with Crippen LogP contribution < -0.4 is 10.6 Å². The van der Waals surface area contributed by atoms with Gasteiger partial charge in [0.25, 0.3) is 0 Å². The van der Waals surface area contributed by atoms with Crippen LogP contribution in [0.15, 0.2) is 48.5 Å². The van der Waals surface area contributed by atoms with Gasteiger partial charge in [-0.1, -0.05) is 78.2 Å². The van der Waals surface area contributed by atoms with E-state index in [4.69, 9.17) is 0 Å². The monoisotopic (exact) mass is 316 g/mol. The summed E-state index contributed by atoms with van der Waals surface area (Å²) in [5, 5.41) is 3.23. The Morgan fingerprint density at radius 2 is 1.05 bits per heavy atom. The van der Waals surface area contributed by atoms with Gasteiger partial charge < -0.3 is 0 Å². The topological polar surface area (TPSA) is 0 Å². The zero-order valence-electron chi connectivity index (χ0n) is 13.6. The summed E-state index contributed by atoms with van der Waals surface area (Å²) in [5.74, 6) is 1.38. The molecule has 0 bridgehead atoms. The van der Waals surface area contributed by atoms with Gasteiger partial charge in [-0.05, 0) is 53.8 Å². The Labute approximate surface area is 132 Å². The van der Waals surface area contributed by atoms with Crippen LogP contribution in [0.3, 0.4) is 0 Å². The summed E-state index contributed by atoms with van der Waals surface area (Å²) >= 11 is 0. The lowest BCUT2D eigenvalue weighted by Crippen LogP contribution is -2.13. The first-order chi connectivity index (χ1) is 10.2. The van der Waals surface area contributed by atoms with E-state index in [1.54, 1.807) is 10.6 Å². The first kappa shape index (κ1) is 16.7. The van der Waals surface area contributed by atoms with E-state index in [-0.39, 0.29) is 15.8 Å². The molecule has 0 spiro atoms. The standard InChI is InChI=1S/C19H26P2/c1-5-20(18-13-9-7-11-16(18)3)15-21(6-2)19-14-10-8-12-17(19)4/h7-14H,5-6,15H2,1-4H3. The highest BCUT2D eigenvalue weighted by atomic mass is 31.2. The molecule has 2 rings (SSSR count). The maximum absolute atomic E-state index is 2.36. The molecular formula is C19H26P2. The molecule has 0 aliphatic rings. The second kappa shape index (κ2) is 8.07. The van der Waals surface area contributed by atoms with Gasteiger partial charge in [-0.2, -0.15) is 0 Å². The average molecular weight is 316 g/mol. The second-order valence-electron chi connectivity index (χ2n) is 5.43. The molecule has 0 aliphatic carbocycles. The molecule has 2 atom stereocenters. The molecule has 0 saturated heterocycles. The summed E-state index contributed by atoms with van der Waals surface area (Å²) in [6.07, 6.45) is 2.59. The minimum atomic E-state index is -0.0268. The highest BCUT2D eigenvalue weighted by molar-refractivity contribution is 7.81. The highest BCUT2D eigenvalue weighted by Crippen LogP contribution is 2.50. The van der Waals surface area contributed by atoms with Gasteiger partial charge in [0.1, 0.15) is 0 Å². The van der Waals surface area contributed by atoms with E-state index in [0.29, 0.717) is 0 Å². The van der Waals surface area contributed by atoms with Crippen LogP contribution in [0, 0.1) is 13.8 Å². The maximum Gasteiger partial charge on any atom is -0.00399 e. The summed E-state index contributed by atoms with van der Waals surface area (Å²) in [6.45, 7) is 9.25. The number of hydrogen-bond donors (Lipinski definition) is 0. The van der Waals surface area contributed by atoms with Crippen molar-refractivity contribution in [3.8, 4) is 0 Å². The van der Waals surface area contributed by atoms with Gasteiger partial charge in [-0.15, -0.1) is 0 Å². The number of rotatable bonds is 6. The van der Waals surface area contributed by atoms with Crippen molar-refractivity contribution >= 4 is 26.5 Å². The lowest BCUT2D eigenvalue weighted by Gasteiger charge is -2.25. The molecule has 0 amide bonds. The van der Waals surface area contributed by atoms with Crippen molar-refractivity contribution in [1.29, 1.82) is 0 Å². The lowest BCUT2D eigenvalue weighted by atomic mass is 10.2. The maximum atomic E-state index is 2.36. The fraction of sp³-hybridized carbons (Fsp3) is 0.368. The van der Waals surface area contributed by atoms with Crippen LogP contribution in [-0.4, -0.2) is 18.2 Å². The van der Waals surface area contributed by atoms with Gasteiger partial charge in [-0.3, -0.25) is 0 Å². The molecule has 2 aromatic rings. The van der Waals surface area contributed by atoms with E-state index in [2.05, 4.69) is 76.2 Å². The quantitative estimate of drug-likeness (QED) is 0.641. The third-order valence-electron chi connectivity index (χ3n) is 4.02. The van der Waals surface area contributed by atoms with Crippen LogP contribution in [0.5, 0.6) is 0 Å². The minimum Gasteiger partial charge on any atom is -0.0706 e. The normalized spacial score (nSPS) is 13.9. The predicted molar refractivity (Wildman–Crippen MR) is 101 cm³/mol. The van der Waals surface area contributed by atoms with Crippen LogP contribution in [0.2, 0.25) is 0 Å². The van der Waals surface area contributed by atoms with Gasteiger partial charge >= 0.3 is 0 Å². The Morgan fingerprint density at radius 1 is 0.667 bits per heavy atom. The van der Waals surface area contributed by atoms with Crippen molar-refractivity contribution in [2.75, 3.05) is 18.2 Å². The van der Waals surface area contributed by atoms with Crippen molar-refractivity contribution in [2.45, 2.75) is 27.7 Å². The van der Waals surface area contributed by atoms with Gasteiger partial charge in [0.05, 0.1) is 0 Å². The smallest absolute Gasteiger partial charge is 0.00399 e. The van der Waals surface area contributed by atoms with E-state index >= 15 is 0 Å². The summed E-state index contributed by atoms with van der Waals surface area (Å²) in [7, 11) is -0.0536. The highest BCUT2D eigenvalue weighted by Gasteiger charge is 2.18. The number of aryl methyl sites for hydroxylation is 2. The largest absolute Gasteiger partial charge is 0.0706 e. The third-order valence-corrected chi connectivity index (χ3v) is 10.6. The molecule has 0 saturated carbocycles. The summed E-state index contributed by atoms with van der Waals surface area (Å²) < 4.78 is 0. The Bertz CT molecular complexity index is 526. The molecule has 21 heavy (non-hydrogen) atoms. The van der Waals surface area contributed by atoms with Gasteiger partial charge in [0.15, 0.2) is 0 Å². The van der Waals surface area contributed by atoms with Crippen LogP contribution in [0.1, 0.15) is 25.0 Å². The van der Waals surface area contributed by atoms with Crippen molar-refractivity contribution in [1.82, 2.24) is 0 Å². The molecule has 0 N–H and O–H groups in total. The zero-order chi connectivity index (χ0) is 15.2. The molecule has 0 aliphatic heterocycles. The van der Waals surface area contributed by atoms with Crippen molar-refractivity contribution in [3.05, 3.63) is 59.7 Å². The summed E-state index contributed by atoms with van der Waals surface area (Å²) in [5.41, 5.74) is 2.95. The molecule has 0 nitrogen and oxygen atoms in total. The fourth-order valence-corrected chi connectivity index (χ4v) is 9.62. The van der Waals surface area contributed by atoms with Crippen LogP contribution >= 0.6 is 15.8 Å². The second-order valence-corrected chi connectivity index (χ2v) is 10.9. The molecule has 0 fully saturated rings. The van der Waals surface area contributed by atoms with E-state index in [0.717, 1.165) is 0 Å². The van der Waals surface area contributed by atoms with Crippen molar-refractivity contribution in [2.24, 2.45) is 0 Å². The van der Waals surface area contributed by atoms with Crippen molar-refractivity contribution in [3.63, 3.8) is 0 Å². The van der Waals surface area contributed by atoms with Gasteiger partial charge in [-0.25, -0.2) is 0 Å². The molecule has 0 aromatic heterocycles. The lowest BCUT2D eigenvalue weighted by molar-refractivity contribution is 1.45. The summed E-state index contributed by atoms with van der Waals surface area (Å²) in [6, 6.07) is 18.0. The third kappa shape index (κ3) is 4.15. The molecule has 2 aromatic carbocycles. The molecular weight excluding hydrogens is 290 g/mol. The molecule has 0 heterocycles. The number of hydrogen-bond acceptors (Lipinski definition) is 0. The first-order valence-electron chi connectivity index (χ1n) is 7.78. The Morgan fingerprint density at radius 3 is 1.38 bits per heavy atom. The number of benzene rings is 2. The van der Waals surface area contributed by atoms with E-state index < -0.39 is 0 Å². The molecule has 2 unspecified atom stereocenters. The molecule has 2 heteroatoms. The molecule has 0 radical (unpaired) electrons. The Kier molecular flexibility index (Phi) is 6.40. The van der Waals surface area contributed by atoms with Gasteiger partial charge in [0, 0.05) is 0 Å². The Hall–Kier alpha value is -0.700. The van der Waals surface area contributed by atoms with Crippen molar-refractivity contribution < 1.29 is 0 Å². The molecule has 112 valence electrons. The van der Waals surface area contributed by atoms with Gasteiger partial charge in [0.2, 0.25) is 0 Å². The van der Waals surface area contributed by atoms with E-state index in [1.807, 2.05) is 0 Å². The van der Waals surface area contributed by atoms with Crippen LogP contribution in [0.4, 0.5) is 0 Å². The predicted octanol–water partition coefficient (Wildman–Crippen LogP) is 5.22. The Balaban J connectivity index is 2.24. The van der Waals surface area contributed by atoms with Crippen LogP contribution in [0.25, 0.3) is 0 Å². The SMILES string of the molecule is CCP(CP(CC)c1ccccc1C)c1ccccc1C. The van der Waals surface area contributed by atoms with E-state index in [9.17, 15) is 0 Å². The summed E-state index contributed by atoms with van der Waals surface area (Å²) in [4.78, 5) is 0. The first-order valence-corrected chi connectivity index (χ1v) is 11.2.